The quantitative estimate of drug-likeness (QED) is 0.229. The second kappa shape index (κ2) is 10.6. The highest BCUT2D eigenvalue weighted by atomic mass is 32.2. The normalized spacial score (nSPS) is 14.1. The molecule has 10 nitrogen and oxygen atoms in total. The van der Waals surface area contributed by atoms with E-state index >= 15 is 0 Å². The second-order valence-corrected chi connectivity index (χ2v) is 11.7. The fraction of sp³-hybridized carbons (Fsp3) is 0.455. The van der Waals surface area contributed by atoms with Gasteiger partial charge in [0.25, 0.3) is 20.2 Å². The van der Waals surface area contributed by atoms with Gasteiger partial charge in [-0.1, -0.05) is 0 Å². The molecule has 0 radical (unpaired) electrons. The van der Waals surface area contributed by atoms with Gasteiger partial charge in [0.15, 0.2) is 0 Å². The van der Waals surface area contributed by atoms with Crippen LogP contribution in [0.25, 0.3) is 11.1 Å². The van der Waals surface area contributed by atoms with Gasteiger partial charge in [-0.15, -0.1) is 0 Å². The Morgan fingerprint density at radius 1 is 0.735 bits per heavy atom. The molecule has 0 aliphatic rings. The van der Waals surface area contributed by atoms with Crippen LogP contribution in [0.1, 0.15) is 22.3 Å². The second-order valence-electron chi connectivity index (χ2n) is 8.69. The van der Waals surface area contributed by atoms with E-state index in [0.29, 0.717) is 11.4 Å². The average molecular weight is 517 g/mol. The van der Waals surface area contributed by atoms with Crippen molar-refractivity contribution in [2.45, 2.75) is 39.9 Å². The molecule has 12 heteroatoms. The molecule has 190 valence electrons. The number of nitrogens with two attached hydrogens (primary N) is 1. The van der Waals surface area contributed by atoms with E-state index in [4.69, 9.17) is 14.8 Å². The third kappa shape index (κ3) is 7.93. The molecule has 2 aromatic rings. The van der Waals surface area contributed by atoms with Gasteiger partial charge in [0.05, 0.1) is 12.2 Å². The van der Waals surface area contributed by atoms with E-state index in [9.17, 15) is 27.0 Å². The van der Waals surface area contributed by atoms with E-state index in [1.807, 2.05) is 38.1 Å². The van der Waals surface area contributed by atoms with Crippen molar-refractivity contribution >= 4 is 31.6 Å². The van der Waals surface area contributed by atoms with Gasteiger partial charge < -0.3 is 20.8 Å². The molecule has 0 amide bonds. The molecule has 0 spiro atoms. The number of aliphatic hydroxyl groups is 2. The minimum Gasteiger partial charge on any atom is -0.398 e. The number of anilines is 2. The van der Waals surface area contributed by atoms with Crippen LogP contribution < -0.4 is 10.6 Å². The molecule has 0 aromatic heterocycles. The predicted molar refractivity (Wildman–Crippen MR) is 132 cm³/mol. The van der Waals surface area contributed by atoms with Crippen molar-refractivity contribution in [3.63, 3.8) is 0 Å². The van der Waals surface area contributed by atoms with Crippen LogP contribution in [0.4, 0.5) is 11.4 Å². The van der Waals surface area contributed by atoms with Crippen LogP contribution in [0.5, 0.6) is 0 Å². The van der Waals surface area contributed by atoms with Crippen LogP contribution in [-0.2, 0) is 20.2 Å². The van der Waals surface area contributed by atoms with Crippen LogP contribution in [-0.4, -0.2) is 73.0 Å². The van der Waals surface area contributed by atoms with Crippen LogP contribution >= 0.6 is 0 Å². The molecule has 34 heavy (non-hydrogen) atoms. The number of nitrogens with zero attached hydrogens (tertiary/aromatic N) is 1. The van der Waals surface area contributed by atoms with Gasteiger partial charge in [-0.3, -0.25) is 9.11 Å². The maximum absolute atomic E-state index is 11.2. The largest absolute Gasteiger partial charge is 0.398 e. The summed E-state index contributed by atoms with van der Waals surface area (Å²) in [6.45, 7) is 6.77. The van der Waals surface area contributed by atoms with E-state index in [1.165, 1.54) is 4.90 Å². The minimum atomic E-state index is -4.47. The fourth-order valence-corrected chi connectivity index (χ4v) is 5.30. The lowest BCUT2D eigenvalue weighted by atomic mass is 9.95. The van der Waals surface area contributed by atoms with Gasteiger partial charge in [0, 0.05) is 24.5 Å². The smallest absolute Gasteiger partial charge is 0.267 e. The first-order valence-corrected chi connectivity index (χ1v) is 13.7. The summed E-state index contributed by atoms with van der Waals surface area (Å²) in [6.07, 6.45) is -3.04. The van der Waals surface area contributed by atoms with Gasteiger partial charge in [0.2, 0.25) is 0 Å². The molecule has 2 atom stereocenters. The van der Waals surface area contributed by atoms with Crippen LogP contribution in [0, 0.1) is 27.7 Å². The Kier molecular flexibility index (Phi) is 8.72. The number of hydrogen-bond acceptors (Lipinski definition) is 8. The Morgan fingerprint density at radius 2 is 1.06 bits per heavy atom. The van der Waals surface area contributed by atoms with Crippen LogP contribution in [0.2, 0.25) is 0 Å². The lowest BCUT2D eigenvalue weighted by Crippen LogP contribution is -2.42. The molecule has 0 bridgehead atoms. The summed E-state index contributed by atoms with van der Waals surface area (Å²) in [6, 6.07) is 7.67. The molecule has 0 aliphatic carbocycles. The summed E-state index contributed by atoms with van der Waals surface area (Å²) < 4.78 is 62.9. The van der Waals surface area contributed by atoms with Crippen molar-refractivity contribution in [3.8, 4) is 11.1 Å². The number of benzene rings is 2. The van der Waals surface area contributed by atoms with Crippen molar-refractivity contribution in [3.05, 3.63) is 46.5 Å². The lowest BCUT2D eigenvalue weighted by molar-refractivity contribution is 0.178. The van der Waals surface area contributed by atoms with E-state index in [2.05, 4.69) is 0 Å². The molecule has 0 aliphatic heterocycles. The highest BCUT2D eigenvalue weighted by molar-refractivity contribution is 7.86. The third-order valence-electron chi connectivity index (χ3n) is 5.40. The Bertz CT molecular complexity index is 1170. The lowest BCUT2D eigenvalue weighted by Gasteiger charge is -2.32. The fourth-order valence-electron chi connectivity index (χ4n) is 4.12. The standard InChI is InChI=1S/C22H32N2O8S2/c1-13-5-17(6-14(2)21(13)23)18-7-15(3)22(16(4)8-18)24(9-19(25)11-33(27,28)29)10-20(26)12-34(30,31)32/h5-8,19-20,25-26H,9-12,23H2,1-4H3,(H,27,28,29)(H,30,31,32). The number of rotatable bonds is 10. The first-order chi connectivity index (χ1) is 15.5. The first kappa shape index (κ1) is 28.0. The maximum atomic E-state index is 11.2. The van der Waals surface area contributed by atoms with Crippen molar-refractivity contribution in [1.29, 1.82) is 0 Å². The predicted octanol–water partition coefficient (Wildman–Crippen LogP) is 1.47. The van der Waals surface area contributed by atoms with Crippen molar-refractivity contribution < 1.29 is 36.2 Å². The zero-order valence-corrected chi connectivity index (χ0v) is 21.2. The molecular formula is C22H32N2O8S2. The molecule has 0 heterocycles. The third-order valence-corrected chi connectivity index (χ3v) is 7.01. The molecule has 6 N–H and O–H groups in total. The van der Waals surface area contributed by atoms with Crippen molar-refractivity contribution in [2.75, 3.05) is 35.2 Å². The number of hydrogen-bond donors (Lipinski definition) is 5. The Morgan fingerprint density at radius 3 is 1.38 bits per heavy atom. The average Bonchev–Trinajstić information content (AvgIpc) is 2.61. The van der Waals surface area contributed by atoms with Gasteiger partial charge in [-0.2, -0.15) is 16.8 Å². The monoisotopic (exact) mass is 516 g/mol. The van der Waals surface area contributed by atoms with Gasteiger partial charge in [-0.25, -0.2) is 0 Å². The molecular weight excluding hydrogens is 484 g/mol. The molecule has 0 saturated carbocycles. The van der Waals surface area contributed by atoms with Gasteiger partial charge in [-0.05, 0) is 85.3 Å². The van der Waals surface area contributed by atoms with Crippen molar-refractivity contribution in [1.82, 2.24) is 0 Å². The van der Waals surface area contributed by atoms with E-state index in [1.54, 1.807) is 13.8 Å². The summed E-state index contributed by atoms with van der Waals surface area (Å²) in [7, 11) is -8.94. The van der Waals surface area contributed by atoms with Gasteiger partial charge in [0.1, 0.15) is 11.5 Å². The summed E-state index contributed by atoms with van der Waals surface area (Å²) >= 11 is 0. The summed E-state index contributed by atoms with van der Waals surface area (Å²) in [4.78, 5) is 1.44. The zero-order chi connectivity index (χ0) is 26.0. The van der Waals surface area contributed by atoms with Crippen LogP contribution in [0.3, 0.4) is 0 Å². The SMILES string of the molecule is Cc1cc(-c2cc(C)c(N(CC(O)CS(=O)(=O)O)CC(O)CS(=O)(=O)O)c(C)c2)cc(C)c1N. The number of aliphatic hydroxyl groups excluding tert-OH is 2. The summed E-state index contributed by atoms with van der Waals surface area (Å²) in [5, 5.41) is 20.4. The first-order valence-electron chi connectivity index (χ1n) is 10.5. The zero-order valence-electron chi connectivity index (χ0n) is 19.6. The van der Waals surface area contributed by atoms with Crippen LogP contribution in [0.15, 0.2) is 24.3 Å². The summed E-state index contributed by atoms with van der Waals surface area (Å²) in [5.74, 6) is -1.86. The highest BCUT2D eigenvalue weighted by Gasteiger charge is 2.25. The molecule has 0 saturated heterocycles. The molecule has 2 rings (SSSR count). The Hall–Kier alpha value is -2.22. The topological polar surface area (TPSA) is 178 Å². The Labute approximate surface area is 200 Å². The maximum Gasteiger partial charge on any atom is 0.267 e. The molecule has 0 fully saturated rings. The Balaban J connectivity index is 2.49. The minimum absolute atomic E-state index is 0.316. The summed E-state index contributed by atoms with van der Waals surface area (Å²) in [5.41, 5.74) is 12.4. The number of aryl methyl sites for hydroxylation is 4. The molecule has 2 unspecified atom stereocenters. The highest BCUT2D eigenvalue weighted by Crippen LogP contribution is 2.33. The number of nitrogen functional groups attached to an aromatic ring is 1. The molecule has 2 aromatic carbocycles. The van der Waals surface area contributed by atoms with Crippen molar-refractivity contribution in [2.24, 2.45) is 0 Å². The van der Waals surface area contributed by atoms with E-state index < -0.39 is 43.9 Å². The van der Waals surface area contributed by atoms with E-state index in [-0.39, 0.29) is 13.1 Å². The van der Waals surface area contributed by atoms with Gasteiger partial charge >= 0.3 is 0 Å². The van der Waals surface area contributed by atoms with E-state index in [0.717, 1.165) is 33.4 Å².